The first-order chi connectivity index (χ1) is 17.0. The Labute approximate surface area is 207 Å². The normalized spacial score (nSPS) is 11.7. The molecule has 35 heavy (non-hydrogen) atoms. The van der Waals surface area contributed by atoms with Crippen molar-refractivity contribution in [1.82, 2.24) is 9.55 Å². The van der Waals surface area contributed by atoms with Crippen molar-refractivity contribution >= 4 is 40.2 Å². The third-order valence-corrected chi connectivity index (χ3v) is 6.59. The van der Waals surface area contributed by atoms with Gasteiger partial charge in [0.05, 0.1) is 28.8 Å². The Kier molecular flexibility index (Phi) is 7.62. The van der Waals surface area contributed by atoms with E-state index in [9.17, 15) is 14.4 Å². The Hall–Kier alpha value is -3.91. The third-order valence-electron chi connectivity index (χ3n) is 5.50. The summed E-state index contributed by atoms with van der Waals surface area (Å²) in [6.45, 7) is 2.17. The van der Waals surface area contributed by atoms with Crippen LogP contribution in [0.3, 0.4) is 0 Å². The molecule has 1 unspecified atom stereocenters. The lowest BCUT2D eigenvalue weighted by molar-refractivity contribution is -0.115. The summed E-state index contributed by atoms with van der Waals surface area (Å²) in [5.74, 6) is -0.708. The molecule has 0 radical (unpaired) electrons. The van der Waals surface area contributed by atoms with Crippen LogP contribution < -0.4 is 10.9 Å². The van der Waals surface area contributed by atoms with Crippen LogP contribution in [-0.4, -0.2) is 33.8 Å². The Morgan fingerprint density at radius 3 is 2.40 bits per heavy atom. The van der Waals surface area contributed by atoms with Gasteiger partial charge in [0.25, 0.3) is 5.56 Å². The number of esters is 1. The molecule has 0 saturated carbocycles. The first-order valence-electron chi connectivity index (χ1n) is 11.2. The van der Waals surface area contributed by atoms with Gasteiger partial charge in [0.1, 0.15) is 0 Å². The van der Waals surface area contributed by atoms with E-state index in [1.54, 1.807) is 29.7 Å². The lowest BCUT2D eigenvalue weighted by Crippen LogP contribution is -2.27. The van der Waals surface area contributed by atoms with Gasteiger partial charge in [-0.25, -0.2) is 9.78 Å². The van der Waals surface area contributed by atoms with Crippen molar-refractivity contribution in [3.8, 4) is 0 Å². The minimum atomic E-state index is -0.522. The molecule has 0 aliphatic heterocycles. The lowest BCUT2D eigenvalue weighted by Gasteiger charge is -2.17. The molecule has 1 aromatic heterocycles. The predicted molar refractivity (Wildman–Crippen MR) is 138 cm³/mol. The zero-order valence-electron chi connectivity index (χ0n) is 19.4. The maximum atomic E-state index is 13.5. The predicted octanol–water partition coefficient (Wildman–Crippen LogP) is 4.55. The van der Waals surface area contributed by atoms with Crippen LogP contribution in [0.5, 0.6) is 0 Å². The highest BCUT2D eigenvalue weighted by molar-refractivity contribution is 8.00. The largest absolute Gasteiger partial charge is 0.465 e. The van der Waals surface area contributed by atoms with Crippen LogP contribution in [0, 0.1) is 0 Å². The van der Waals surface area contributed by atoms with Gasteiger partial charge in [0.15, 0.2) is 5.16 Å². The molecule has 4 aromatic rings. The van der Waals surface area contributed by atoms with E-state index in [4.69, 9.17) is 9.72 Å². The van der Waals surface area contributed by atoms with Gasteiger partial charge < -0.3 is 10.1 Å². The summed E-state index contributed by atoms with van der Waals surface area (Å²) in [6.07, 6.45) is 0.631. The van der Waals surface area contributed by atoms with Gasteiger partial charge in [-0.15, -0.1) is 0 Å². The molecule has 0 bridgehead atoms. The Morgan fingerprint density at radius 1 is 1.03 bits per heavy atom. The number of aryl methyl sites for hydroxylation is 1. The summed E-state index contributed by atoms with van der Waals surface area (Å²) in [4.78, 5) is 43.0. The van der Waals surface area contributed by atoms with Gasteiger partial charge in [0.2, 0.25) is 5.91 Å². The SMILES string of the molecule is COC(=O)c1ccc2c(=O)n(CCc3ccccc3)c(SC(C)C(=O)Nc3ccccc3)nc2c1. The number of fused-ring (bicyclic) bond motifs is 1. The fourth-order valence-corrected chi connectivity index (χ4v) is 4.53. The monoisotopic (exact) mass is 487 g/mol. The zero-order chi connectivity index (χ0) is 24.8. The third kappa shape index (κ3) is 5.78. The molecule has 7 nitrogen and oxygen atoms in total. The van der Waals surface area contributed by atoms with Crippen molar-refractivity contribution in [3.63, 3.8) is 0 Å². The summed E-state index contributed by atoms with van der Waals surface area (Å²) in [5.41, 5.74) is 2.25. The maximum Gasteiger partial charge on any atom is 0.337 e. The van der Waals surface area contributed by atoms with Gasteiger partial charge in [-0.2, -0.15) is 0 Å². The number of methoxy groups -OCH3 is 1. The van der Waals surface area contributed by atoms with Crippen molar-refractivity contribution in [3.05, 3.63) is 100 Å². The van der Waals surface area contributed by atoms with Crippen LogP contribution >= 0.6 is 11.8 Å². The number of benzene rings is 3. The Balaban J connectivity index is 1.68. The van der Waals surface area contributed by atoms with Crippen molar-refractivity contribution < 1.29 is 14.3 Å². The number of thioether (sulfide) groups is 1. The summed E-state index contributed by atoms with van der Waals surface area (Å²) < 4.78 is 6.40. The van der Waals surface area contributed by atoms with E-state index in [2.05, 4.69) is 5.32 Å². The highest BCUT2D eigenvalue weighted by Crippen LogP contribution is 2.24. The standard InChI is InChI=1S/C27H25N3O4S/c1-18(24(31)28-21-11-7-4-8-12-21)35-27-29-23-17-20(26(33)34-2)13-14-22(23)25(32)30(27)16-15-19-9-5-3-6-10-19/h3-14,17-18H,15-16H2,1-2H3,(H,28,31). The molecule has 4 rings (SSSR count). The molecule has 3 aromatic carbocycles. The number of para-hydroxylation sites is 1. The number of nitrogens with zero attached hydrogens (tertiary/aromatic N) is 2. The fourth-order valence-electron chi connectivity index (χ4n) is 3.60. The van der Waals surface area contributed by atoms with Gasteiger partial charge in [-0.1, -0.05) is 60.3 Å². The molecule has 1 heterocycles. The van der Waals surface area contributed by atoms with Crippen LogP contribution in [0.4, 0.5) is 5.69 Å². The molecule has 1 amide bonds. The minimum Gasteiger partial charge on any atom is -0.465 e. The second-order valence-corrected chi connectivity index (χ2v) is 9.23. The Morgan fingerprint density at radius 2 is 1.71 bits per heavy atom. The van der Waals surface area contributed by atoms with Crippen molar-refractivity contribution in [2.24, 2.45) is 0 Å². The molecule has 0 aliphatic rings. The van der Waals surface area contributed by atoms with Gasteiger partial charge in [0, 0.05) is 12.2 Å². The minimum absolute atomic E-state index is 0.200. The van der Waals surface area contributed by atoms with Crippen LogP contribution in [0.2, 0.25) is 0 Å². The summed E-state index contributed by atoms with van der Waals surface area (Å²) in [7, 11) is 1.30. The molecule has 178 valence electrons. The molecule has 8 heteroatoms. The van der Waals surface area contributed by atoms with Crippen molar-refractivity contribution in [2.45, 2.75) is 30.3 Å². The van der Waals surface area contributed by atoms with E-state index in [0.29, 0.717) is 40.3 Å². The zero-order valence-corrected chi connectivity index (χ0v) is 20.2. The molecule has 1 N–H and O–H groups in total. The maximum absolute atomic E-state index is 13.5. The number of amides is 1. The summed E-state index contributed by atoms with van der Waals surface area (Å²) in [6, 6.07) is 23.8. The number of hydrogen-bond donors (Lipinski definition) is 1. The van der Waals surface area contributed by atoms with Gasteiger partial charge in [-0.05, 0) is 49.2 Å². The number of carbonyl (C=O) groups is 2. The van der Waals surface area contributed by atoms with E-state index in [1.165, 1.54) is 18.9 Å². The molecule has 0 fully saturated rings. The average molecular weight is 488 g/mol. The molecular formula is C27H25N3O4S. The van der Waals surface area contributed by atoms with E-state index in [0.717, 1.165) is 5.56 Å². The number of hydrogen-bond acceptors (Lipinski definition) is 6. The molecule has 0 aliphatic carbocycles. The number of nitrogens with one attached hydrogen (secondary N) is 1. The number of carbonyl (C=O) groups excluding carboxylic acids is 2. The van der Waals surface area contributed by atoms with Gasteiger partial charge in [-0.3, -0.25) is 14.2 Å². The average Bonchev–Trinajstić information content (AvgIpc) is 2.88. The molecule has 0 saturated heterocycles. The van der Waals surface area contributed by atoms with Crippen molar-refractivity contribution in [2.75, 3.05) is 12.4 Å². The van der Waals surface area contributed by atoms with E-state index in [-0.39, 0.29) is 11.5 Å². The second kappa shape index (κ2) is 11.0. The highest BCUT2D eigenvalue weighted by Gasteiger charge is 2.20. The highest BCUT2D eigenvalue weighted by atomic mass is 32.2. The van der Waals surface area contributed by atoms with E-state index in [1.807, 2.05) is 60.7 Å². The van der Waals surface area contributed by atoms with Crippen LogP contribution in [0.1, 0.15) is 22.8 Å². The summed E-state index contributed by atoms with van der Waals surface area (Å²) in [5, 5.41) is 3.18. The number of rotatable bonds is 8. The molecular weight excluding hydrogens is 462 g/mol. The Bertz CT molecular complexity index is 1400. The quantitative estimate of drug-likeness (QED) is 0.223. The molecule has 1 atom stereocenters. The van der Waals surface area contributed by atoms with Crippen LogP contribution in [-0.2, 0) is 22.5 Å². The second-order valence-electron chi connectivity index (χ2n) is 7.93. The van der Waals surface area contributed by atoms with E-state index < -0.39 is 11.2 Å². The summed E-state index contributed by atoms with van der Waals surface area (Å²) >= 11 is 1.21. The first-order valence-corrected chi connectivity index (χ1v) is 12.0. The van der Waals surface area contributed by atoms with Gasteiger partial charge >= 0.3 is 5.97 Å². The smallest absolute Gasteiger partial charge is 0.337 e. The first kappa shape index (κ1) is 24.2. The number of ether oxygens (including phenoxy) is 1. The van der Waals surface area contributed by atoms with Crippen LogP contribution in [0.15, 0.2) is 88.8 Å². The van der Waals surface area contributed by atoms with Crippen molar-refractivity contribution in [1.29, 1.82) is 0 Å². The number of aromatic nitrogens is 2. The van der Waals surface area contributed by atoms with E-state index >= 15 is 0 Å². The van der Waals surface area contributed by atoms with Crippen LogP contribution in [0.25, 0.3) is 10.9 Å². The number of anilines is 1. The topological polar surface area (TPSA) is 90.3 Å². The fraction of sp³-hybridized carbons (Fsp3) is 0.185. The lowest BCUT2D eigenvalue weighted by atomic mass is 10.1. The molecule has 0 spiro atoms.